The number of fused-ring (bicyclic) bond motifs is 7. The average Bonchev–Trinajstić information content (AvgIpc) is 3.22. The van der Waals surface area contributed by atoms with E-state index in [1.807, 2.05) is 0 Å². The molecule has 232 valence electrons. The summed E-state index contributed by atoms with van der Waals surface area (Å²) < 4.78 is 0. The summed E-state index contributed by atoms with van der Waals surface area (Å²) in [6.07, 6.45) is 11.7. The lowest BCUT2D eigenvalue weighted by atomic mass is 9.31. The van der Waals surface area contributed by atoms with Crippen molar-refractivity contribution in [2.45, 2.75) is 151 Å². The SMILES string of the molecule is CC1CC(C)(C)C2CCC3(C)C(CCC4C5(C)CCC(C(C)CCC(O)C(O)C(O)CO)C5CCC43C)C2(C)C1. The molecule has 4 nitrogen and oxygen atoms in total. The molecule has 14 unspecified atom stereocenters. The van der Waals surface area contributed by atoms with E-state index < -0.39 is 24.9 Å². The van der Waals surface area contributed by atoms with Crippen LogP contribution in [-0.2, 0) is 0 Å². The van der Waals surface area contributed by atoms with Crippen LogP contribution in [0.25, 0.3) is 0 Å². The number of aliphatic hydroxyl groups excluding tert-OH is 4. The molecule has 4 heteroatoms. The zero-order valence-electron chi connectivity index (χ0n) is 27.3. The summed E-state index contributed by atoms with van der Waals surface area (Å²) in [5.74, 6) is 5.29. The minimum Gasteiger partial charge on any atom is -0.394 e. The lowest BCUT2D eigenvalue weighted by molar-refractivity contribution is -0.245. The Bertz CT molecular complexity index is 918. The van der Waals surface area contributed by atoms with Gasteiger partial charge >= 0.3 is 0 Å². The Morgan fingerprint density at radius 1 is 0.675 bits per heavy atom. The molecular formula is C36H64O4. The fraction of sp³-hybridized carbons (Fsp3) is 1.00. The molecule has 0 aromatic heterocycles. The Kier molecular flexibility index (Phi) is 8.19. The maximum absolute atomic E-state index is 10.5. The van der Waals surface area contributed by atoms with Crippen molar-refractivity contribution in [3.8, 4) is 0 Å². The van der Waals surface area contributed by atoms with Crippen LogP contribution in [0.2, 0.25) is 0 Å². The first-order chi connectivity index (χ1) is 18.5. The summed E-state index contributed by atoms with van der Waals surface area (Å²) >= 11 is 0. The van der Waals surface area contributed by atoms with Crippen LogP contribution in [0.15, 0.2) is 0 Å². The Morgan fingerprint density at radius 3 is 1.90 bits per heavy atom. The average molecular weight is 561 g/mol. The molecular weight excluding hydrogens is 496 g/mol. The Labute approximate surface area is 246 Å². The molecule has 5 saturated carbocycles. The number of rotatable bonds is 7. The zero-order chi connectivity index (χ0) is 29.5. The maximum atomic E-state index is 10.5. The molecule has 14 atom stereocenters. The predicted octanol–water partition coefficient (Wildman–Crippen LogP) is 7.22. The van der Waals surface area contributed by atoms with Crippen LogP contribution in [0.5, 0.6) is 0 Å². The van der Waals surface area contributed by atoms with Gasteiger partial charge in [0.05, 0.1) is 12.7 Å². The summed E-state index contributed by atoms with van der Waals surface area (Å²) in [5, 5.41) is 39.5. The molecule has 0 aliphatic heterocycles. The fourth-order valence-electron chi connectivity index (χ4n) is 13.9. The van der Waals surface area contributed by atoms with Crippen molar-refractivity contribution in [2.24, 2.45) is 68.5 Å². The minimum absolute atomic E-state index is 0.405. The van der Waals surface area contributed by atoms with Gasteiger partial charge in [0.15, 0.2) is 0 Å². The van der Waals surface area contributed by atoms with Crippen molar-refractivity contribution in [3.63, 3.8) is 0 Å². The van der Waals surface area contributed by atoms with Crippen LogP contribution >= 0.6 is 0 Å². The molecule has 5 aliphatic carbocycles. The standard InChI is InChI=1S/C36H64O4/c1-22-19-32(3,4)28-15-18-36(8)30(34(28,6)20-22)12-11-29-33(5)16-13-24(25(33)14-17-35(29,36)7)23(2)9-10-26(38)31(40)27(39)21-37/h22-31,37-40H,9-21H2,1-8H3. The highest BCUT2D eigenvalue weighted by atomic mass is 16.4. The van der Waals surface area contributed by atoms with Gasteiger partial charge < -0.3 is 20.4 Å². The molecule has 0 aromatic rings. The summed E-state index contributed by atoms with van der Waals surface area (Å²) in [5.41, 5.74) is 2.19. The number of hydrogen-bond donors (Lipinski definition) is 4. The van der Waals surface area contributed by atoms with Gasteiger partial charge in [0, 0.05) is 0 Å². The van der Waals surface area contributed by atoms with E-state index in [0.29, 0.717) is 45.3 Å². The van der Waals surface area contributed by atoms with E-state index in [1.54, 1.807) is 0 Å². The highest BCUT2D eigenvalue weighted by Crippen LogP contribution is 2.78. The third-order valence-corrected chi connectivity index (χ3v) is 15.5. The van der Waals surface area contributed by atoms with Crippen molar-refractivity contribution >= 4 is 0 Å². The summed E-state index contributed by atoms with van der Waals surface area (Å²) in [6.45, 7) is 20.4. The molecule has 0 aromatic carbocycles. The second kappa shape index (κ2) is 10.5. The minimum atomic E-state index is -1.27. The second-order valence-corrected chi connectivity index (χ2v) is 17.8. The first-order valence-electron chi connectivity index (χ1n) is 17.2. The third-order valence-electron chi connectivity index (χ3n) is 15.5. The molecule has 5 aliphatic rings. The lowest BCUT2D eigenvalue weighted by Gasteiger charge is -2.73. The molecule has 5 fully saturated rings. The smallest absolute Gasteiger partial charge is 0.108 e. The van der Waals surface area contributed by atoms with E-state index in [-0.39, 0.29) is 0 Å². The zero-order valence-corrected chi connectivity index (χ0v) is 27.3. The predicted molar refractivity (Wildman–Crippen MR) is 162 cm³/mol. The van der Waals surface area contributed by atoms with Crippen LogP contribution in [0.1, 0.15) is 132 Å². The summed E-state index contributed by atoms with van der Waals surface area (Å²) in [7, 11) is 0. The van der Waals surface area contributed by atoms with Crippen molar-refractivity contribution in [3.05, 3.63) is 0 Å². The van der Waals surface area contributed by atoms with Crippen LogP contribution in [-0.4, -0.2) is 45.3 Å². The lowest BCUT2D eigenvalue weighted by Crippen LogP contribution is -2.66. The first-order valence-corrected chi connectivity index (χ1v) is 17.2. The summed E-state index contributed by atoms with van der Waals surface area (Å²) in [4.78, 5) is 0. The van der Waals surface area contributed by atoms with E-state index in [1.165, 1.54) is 64.2 Å². The Balaban J connectivity index is 1.34. The van der Waals surface area contributed by atoms with Gasteiger partial charge in [-0.25, -0.2) is 0 Å². The molecule has 4 N–H and O–H groups in total. The van der Waals surface area contributed by atoms with Crippen molar-refractivity contribution in [1.82, 2.24) is 0 Å². The highest BCUT2D eigenvalue weighted by Gasteiger charge is 2.70. The van der Waals surface area contributed by atoms with Gasteiger partial charge in [0.1, 0.15) is 12.2 Å². The van der Waals surface area contributed by atoms with Gasteiger partial charge in [-0.2, -0.15) is 0 Å². The normalized spacial score (nSPS) is 51.0. The highest BCUT2D eigenvalue weighted by molar-refractivity contribution is 5.19. The van der Waals surface area contributed by atoms with E-state index in [0.717, 1.165) is 36.0 Å². The Hall–Kier alpha value is -0.160. The first kappa shape index (κ1) is 31.3. The van der Waals surface area contributed by atoms with Crippen molar-refractivity contribution in [2.75, 3.05) is 6.61 Å². The third kappa shape index (κ3) is 4.50. The number of hydrogen-bond acceptors (Lipinski definition) is 4. The van der Waals surface area contributed by atoms with Gasteiger partial charge in [-0.3, -0.25) is 0 Å². The monoisotopic (exact) mass is 560 g/mol. The molecule has 0 radical (unpaired) electrons. The van der Waals surface area contributed by atoms with Gasteiger partial charge in [-0.1, -0.05) is 55.4 Å². The van der Waals surface area contributed by atoms with Crippen molar-refractivity contribution in [1.29, 1.82) is 0 Å². The molecule has 0 bridgehead atoms. The van der Waals surface area contributed by atoms with Crippen LogP contribution < -0.4 is 0 Å². The largest absolute Gasteiger partial charge is 0.394 e. The van der Waals surface area contributed by atoms with E-state index >= 15 is 0 Å². The van der Waals surface area contributed by atoms with Gasteiger partial charge in [0.2, 0.25) is 0 Å². The molecule has 0 spiro atoms. The quantitative estimate of drug-likeness (QED) is 0.265. The van der Waals surface area contributed by atoms with Crippen LogP contribution in [0.3, 0.4) is 0 Å². The fourth-order valence-corrected chi connectivity index (χ4v) is 13.9. The molecule has 0 heterocycles. The second-order valence-electron chi connectivity index (χ2n) is 17.8. The molecule has 0 saturated heterocycles. The van der Waals surface area contributed by atoms with E-state index in [9.17, 15) is 15.3 Å². The topological polar surface area (TPSA) is 80.9 Å². The van der Waals surface area contributed by atoms with Gasteiger partial charge in [0.25, 0.3) is 0 Å². The van der Waals surface area contributed by atoms with Crippen LogP contribution in [0, 0.1) is 68.5 Å². The number of aliphatic hydroxyl groups is 4. The summed E-state index contributed by atoms with van der Waals surface area (Å²) in [6, 6.07) is 0. The van der Waals surface area contributed by atoms with Gasteiger partial charge in [-0.15, -0.1) is 0 Å². The van der Waals surface area contributed by atoms with Crippen LogP contribution in [0.4, 0.5) is 0 Å². The van der Waals surface area contributed by atoms with E-state index in [4.69, 9.17) is 5.11 Å². The van der Waals surface area contributed by atoms with E-state index in [2.05, 4.69) is 55.4 Å². The molecule has 0 amide bonds. The maximum Gasteiger partial charge on any atom is 0.108 e. The van der Waals surface area contributed by atoms with Gasteiger partial charge in [-0.05, 0) is 146 Å². The van der Waals surface area contributed by atoms with Crippen molar-refractivity contribution < 1.29 is 20.4 Å². The molecule has 40 heavy (non-hydrogen) atoms. The Morgan fingerprint density at radius 2 is 1.27 bits per heavy atom. The molecule has 5 rings (SSSR count).